The van der Waals surface area contributed by atoms with Crippen LogP contribution in [0.2, 0.25) is 0 Å². The second kappa shape index (κ2) is 5.83. The highest BCUT2D eigenvalue weighted by Gasteiger charge is 2.28. The average molecular weight is 250 g/mol. The molecule has 1 aromatic carbocycles. The number of aliphatic hydroxyl groups excluding tert-OH is 1. The van der Waals surface area contributed by atoms with Crippen LogP contribution in [0.4, 0.5) is 4.39 Å². The minimum Gasteiger partial charge on any atom is -0.388 e. The molecule has 0 radical (unpaired) electrons. The molecule has 1 aromatic rings. The molecule has 1 nitrogen and oxygen atoms in total. The largest absolute Gasteiger partial charge is 0.388 e. The predicted octanol–water partition coefficient (Wildman–Crippen LogP) is 4.38. The molecule has 0 saturated heterocycles. The van der Waals surface area contributed by atoms with E-state index in [0.717, 1.165) is 29.9 Å². The van der Waals surface area contributed by atoms with E-state index in [-0.39, 0.29) is 5.82 Å². The number of hydrogen-bond donors (Lipinski definition) is 1. The molecule has 0 aromatic heterocycles. The summed E-state index contributed by atoms with van der Waals surface area (Å²) in [6, 6.07) is 4.71. The monoisotopic (exact) mass is 250 g/mol. The van der Waals surface area contributed by atoms with Crippen molar-refractivity contribution in [1.29, 1.82) is 0 Å². The number of halogens is 1. The summed E-state index contributed by atoms with van der Waals surface area (Å²) >= 11 is 0. The molecule has 1 aliphatic carbocycles. The third-order valence-electron chi connectivity index (χ3n) is 4.41. The lowest BCUT2D eigenvalue weighted by Crippen LogP contribution is -2.22. The number of rotatable bonds is 3. The Bertz CT molecular complexity index is 402. The molecule has 0 heterocycles. The molecule has 1 fully saturated rings. The van der Waals surface area contributed by atoms with Crippen molar-refractivity contribution in [1.82, 2.24) is 0 Å². The Hall–Kier alpha value is -0.890. The standard InChI is InChI=1S/C16H23FO/c1-3-12-5-4-6-13(9-12)16(18)15-10-14(17)8-7-11(15)2/h7-8,10,12-13,16,18H,3-6,9H2,1-2H3. The van der Waals surface area contributed by atoms with Crippen molar-refractivity contribution in [3.63, 3.8) is 0 Å². The fourth-order valence-electron chi connectivity index (χ4n) is 3.17. The highest BCUT2D eigenvalue weighted by molar-refractivity contribution is 5.29. The highest BCUT2D eigenvalue weighted by Crippen LogP contribution is 2.39. The van der Waals surface area contributed by atoms with Crippen LogP contribution in [0.1, 0.15) is 56.3 Å². The average Bonchev–Trinajstić information content (AvgIpc) is 2.41. The summed E-state index contributed by atoms with van der Waals surface area (Å²) in [4.78, 5) is 0. The van der Waals surface area contributed by atoms with Gasteiger partial charge in [0.2, 0.25) is 0 Å². The summed E-state index contributed by atoms with van der Waals surface area (Å²) in [5.74, 6) is 0.772. The van der Waals surface area contributed by atoms with Crippen LogP contribution in [-0.2, 0) is 0 Å². The molecule has 0 bridgehead atoms. The summed E-state index contributed by atoms with van der Waals surface area (Å²) in [6.45, 7) is 4.16. The van der Waals surface area contributed by atoms with Crippen molar-refractivity contribution in [2.45, 2.75) is 52.1 Å². The Morgan fingerprint density at radius 3 is 2.89 bits per heavy atom. The van der Waals surface area contributed by atoms with Gasteiger partial charge in [-0.2, -0.15) is 0 Å². The van der Waals surface area contributed by atoms with E-state index in [9.17, 15) is 9.50 Å². The van der Waals surface area contributed by atoms with Gasteiger partial charge in [0.25, 0.3) is 0 Å². The van der Waals surface area contributed by atoms with Crippen molar-refractivity contribution in [2.75, 3.05) is 0 Å². The molecule has 3 unspecified atom stereocenters. The zero-order valence-electron chi connectivity index (χ0n) is 11.3. The lowest BCUT2D eigenvalue weighted by molar-refractivity contribution is 0.0671. The van der Waals surface area contributed by atoms with E-state index in [2.05, 4.69) is 6.92 Å². The van der Waals surface area contributed by atoms with E-state index >= 15 is 0 Å². The summed E-state index contributed by atoms with van der Waals surface area (Å²) in [7, 11) is 0. The van der Waals surface area contributed by atoms with Gasteiger partial charge in [0.1, 0.15) is 5.82 Å². The maximum absolute atomic E-state index is 13.3. The van der Waals surface area contributed by atoms with Gasteiger partial charge in [0.15, 0.2) is 0 Å². The van der Waals surface area contributed by atoms with Gasteiger partial charge >= 0.3 is 0 Å². The van der Waals surface area contributed by atoms with Crippen LogP contribution < -0.4 is 0 Å². The molecule has 1 saturated carbocycles. The highest BCUT2D eigenvalue weighted by atomic mass is 19.1. The van der Waals surface area contributed by atoms with Gasteiger partial charge in [-0.25, -0.2) is 4.39 Å². The van der Waals surface area contributed by atoms with E-state index < -0.39 is 6.10 Å². The van der Waals surface area contributed by atoms with Crippen LogP contribution >= 0.6 is 0 Å². The Balaban J connectivity index is 2.14. The fraction of sp³-hybridized carbons (Fsp3) is 0.625. The van der Waals surface area contributed by atoms with Crippen LogP contribution in [0.5, 0.6) is 0 Å². The molecule has 2 rings (SSSR count). The van der Waals surface area contributed by atoms with Gasteiger partial charge in [-0.15, -0.1) is 0 Å². The molecule has 0 spiro atoms. The zero-order valence-corrected chi connectivity index (χ0v) is 11.3. The second-order valence-corrected chi connectivity index (χ2v) is 5.65. The first-order valence-corrected chi connectivity index (χ1v) is 7.06. The topological polar surface area (TPSA) is 20.2 Å². The van der Waals surface area contributed by atoms with E-state index in [0.29, 0.717) is 5.92 Å². The van der Waals surface area contributed by atoms with Gasteiger partial charge in [-0.1, -0.05) is 32.3 Å². The first kappa shape index (κ1) is 13.5. The van der Waals surface area contributed by atoms with E-state index in [1.165, 1.54) is 31.4 Å². The molecule has 0 amide bonds. The molecular weight excluding hydrogens is 227 g/mol. The lowest BCUT2D eigenvalue weighted by Gasteiger charge is -2.32. The number of aliphatic hydroxyl groups is 1. The molecule has 18 heavy (non-hydrogen) atoms. The lowest BCUT2D eigenvalue weighted by atomic mass is 9.76. The third-order valence-corrected chi connectivity index (χ3v) is 4.41. The zero-order chi connectivity index (χ0) is 13.1. The molecule has 2 heteroatoms. The minimum atomic E-state index is -0.505. The first-order valence-electron chi connectivity index (χ1n) is 7.06. The summed E-state index contributed by atoms with van der Waals surface area (Å²) in [6.07, 6.45) is 5.29. The van der Waals surface area contributed by atoms with E-state index in [1.807, 2.05) is 6.92 Å². The van der Waals surface area contributed by atoms with Crippen LogP contribution in [0.3, 0.4) is 0 Å². The number of aryl methyl sites for hydroxylation is 1. The van der Waals surface area contributed by atoms with Gasteiger partial charge in [-0.05, 0) is 54.9 Å². The number of hydrogen-bond acceptors (Lipinski definition) is 1. The smallest absolute Gasteiger partial charge is 0.123 e. The summed E-state index contributed by atoms with van der Waals surface area (Å²) < 4.78 is 13.3. The molecule has 0 aliphatic heterocycles. The Labute approximate surface area is 109 Å². The van der Waals surface area contributed by atoms with E-state index in [4.69, 9.17) is 0 Å². The third kappa shape index (κ3) is 2.92. The minimum absolute atomic E-state index is 0.252. The molecule has 3 atom stereocenters. The Morgan fingerprint density at radius 1 is 1.39 bits per heavy atom. The van der Waals surface area contributed by atoms with Crippen LogP contribution in [0.15, 0.2) is 18.2 Å². The maximum atomic E-state index is 13.3. The van der Waals surface area contributed by atoms with Crippen molar-refractivity contribution in [3.05, 3.63) is 35.1 Å². The number of benzene rings is 1. The molecular formula is C16H23FO. The summed E-state index contributed by atoms with van der Waals surface area (Å²) in [5, 5.41) is 10.5. The quantitative estimate of drug-likeness (QED) is 0.843. The predicted molar refractivity (Wildman–Crippen MR) is 71.8 cm³/mol. The SMILES string of the molecule is CCC1CCCC(C(O)c2cc(F)ccc2C)C1. The molecule has 1 aliphatic rings. The van der Waals surface area contributed by atoms with E-state index in [1.54, 1.807) is 6.07 Å². The van der Waals surface area contributed by atoms with Crippen LogP contribution in [0, 0.1) is 24.6 Å². The van der Waals surface area contributed by atoms with Crippen LogP contribution in [0.25, 0.3) is 0 Å². The summed E-state index contributed by atoms with van der Waals surface area (Å²) in [5.41, 5.74) is 1.76. The first-order chi connectivity index (χ1) is 8.61. The van der Waals surface area contributed by atoms with Gasteiger partial charge in [-0.3, -0.25) is 0 Å². The van der Waals surface area contributed by atoms with Gasteiger partial charge in [0, 0.05) is 0 Å². The van der Waals surface area contributed by atoms with Crippen molar-refractivity contribution < 1.29 is 9.50 Å². The Morgan fingerprint density at radius 2 is 2.17 bits per heavy atom. The van der Waals surface area contributed by atoms with Crippen molar-refractivity contribution in [3.8, 4) is 0 Å². The second-order valence-electron chi connectivity index (χ2n) is 5.65. The fourth-order valence-corrected chi connectivity index (χ4v) is 3.17. The normalized spacial score (nSPS) is 26.0. The molecule has 1 N–H and O–H groups in total. The van der Waals surface area contributed by atoms with Gasteiger partial charge in [0.05, 0.1) is 6.10 Å². The maximum Gasteiger partial charge on any atom is 0.123 e. The molecule has 100 valence electrons. The van der Waals surface area contributed by atoms with Gasteiger partial charge < -0.3 is 5.11 Å². The Kier molecular flexibility index (Phi) is 4.39. The van der Waals surface area contributed by atoms with Crippen molar-refractivity contribution >= 4 is 0 Å². The van der Waals surface area contributed by atoms with Crippen LogP contribution in [-0.4, -0.2) is 5.11 Å². The van der Waals surface area contributed by atoms with Crippen molar-refractivity contribution in [2.24, 2.45) is 11.8 Å².